The van der Waals surface area contributed by atoms with Gasteiger partial charge in [0.15, 0.2) is 0 Å². The first kappa shape index (κ1) is 12.9. The monoisotopic (exact) mass is 266 g/mol. The number of anilines is 1. The molecule has 2 N–H and O–H groups in total. The SMILES string of the molecule is NC1CC(=O)N(c2c([N+](=O)[O-])cccc2[N+](=O)[O-])C1. The number of rotatable bonds is 3. The summed E-state index contributed by atoms with van der Waals surface area (Å²) in [5.74, 6) is -0.454. The van der Waals surface area contributed by atoms with Gasteiger partial charge in [-0.1, -0.05) is 0 Å². The van der Waals surface area contributed by atoms with Crippen molar-refractivity contribution >= 4 is 23.0 Å². The van der Waals surface area contributed by atoms with E-state index in [1.54, 1.807) is 0 Å². The molecule has 9 nitrogen and oxygen atoms in total. The molecule has 0 saturated carbocycles. The minimum atomic E-state index is -0.751. The third-order valence-corrected chi connectivity index (χ3v) is 2.81. The molecule has 0 aliphatic carbocycles. The second kappa shape index (κ2) is 4.61. The Balaban J connectivity index is 2.62. The van der Waals surface area contributed by atoms with Crippen LogP contribution < -0.4 is 10.6 Å². The van der Waals surface area contributed by atoms with Gasteiger partial charge in [-0.05, 0) is 6.07 Å². The van der Waals surface area contributed by atoms with E-state index in [2.05, 4.69) is 0 Å². The second-order valence-electron chi connectivity index (χ2n) is 4.13. The molecule has 1 aliphatic heterocycles. The molecule has 1 unspecified atom stereocenters. The fourth-order valence-electron chi connectivity index (χ4n) is 2.04. The summed E-state index contributed by atoms with van der Waals surface area (Å²) in [5, 5.41) is 21.9. The molecule has 19 heavy (non-hydrogen) atoms. The zero-order valence-corrected chi connectivity index (χ0v) is 9.68. The average molecular weight is 266 g/mol. The van der Waals surface area contributed by atoms with Gasteiger partial charge in [0, 0.05) is 31.1 Å². The number of hydrogen-bond donors (Lipinski definition) is 1. The van der Waals surface area contributed by atoms with E-state index in [9.17, 15) is 25.0 Å². The van der Waals surface area contributed by atoms with Crippen LogP contribution in [0.15, 0.2) is 18.2 Å². The van der Waals surface area contributed by atoms with Gasteiger partial charge in [-0.15, -0.1) is 0 Å². The van der Waals surface area contributed by atoms with Crippen LogP contribution in [-0.4, -0.2) is 28.3 Å². The lowest BCUT2D eigenvalue weighted by Gasteiger charge is -2.15. The topological polar surface area (TPSA) is 133 Å². The van der Waals surface area contributed by atoms with Gasteiger partial charge >= 0.3 is 0 Å². The molecule has 0 radical (unpaired) electrons. The second-order valence-corrected chi connectivity index (χ2v) is 4.13. The van der Waals surface area contributed by atoms with Gasteiger partial charge < -0.3 is 5.73 Å². The summed E-state index contributed by atoms with van der Waals surface area (Å²) in [6, 6.07) is 2.98. The summed E-state index contributed by atoms with van der Waals surface area (Å²) in [5.41, 5.74) is 4.36. The lowest BCUT2D eigenvalue weighted by atomic mass is 10.2. The quantitative estimate of drug-likeness (QED) is 0.627. The van der Waals surface area contributed by atoms with Gasteiger partial charge in [-0.25, -0.2) is 0 Å². The molecule has 0 aromatic heterocycles. The highest BCUT2D eigenvalue weighted by molar-refractivity contribution is 6.00. The minimum absolute atomic E-state index is 0.0171. The van der Waals surface area contributed by atoms with Crippen LogP contribution in [0.2, 0.25) is 0 Å². The van der Waals surface area contributed by atoms with Crippen molar-refractivity contribution in [2.75, 3.05) is 11.4 Å². The molecule has 1 aliphatic rings. The lowest BCUT2D eigenvalue weighted by Crippen LogP contribution is -2.29. The zero-order valence-electron chi connectivity index (χ0n) is 9.68. The van der Waals surface area contributed by atoms with E-state index in [-0.39, 0.29) is 18.7 Å². The number of amides is 1. The molecule has 1 fully saturated rings. The van der Waals surface area contributed by atoms with Gasteiger partial charge in [0.25, 0.3) is 11.4 Å². The van der Waals surface area contributed by atoms with Gasteiger partial charge in [0.1, 0.15) is 0 Å². The molecule has 2 rings (SSSR count). The van der Waals surface area contributed by atoms with Crippen molar-refractivity contribution in [3.8, 4) is 0 Å². The largest absolute Gasteiger partial charge is 0.326 e. The van der Waals surface area contributed by atoms with E-state index in [1.807, 2.05) is 0 Å². The van der Waals surface area contributed by atoms with Crippen molar-refractivity contribution in [1.82, 2.24) is 0 Å². The first-order chi connectivity index (χ1) is 8.91. The van der Waals surface area contributed by atoms with Gasteiger partial charge in [0.05, 0.1) is 9.85 Å². The first-order valence-corrected chi connectivity index (χ1v) is 5.39. The number of benzene rings is 1. The van der Waals surface area contributed by atoms with E-state index < -0.39 is 33.2 Å². The Labute approximate surface area is 106 Å². The van der Waals surface area contributed by atoms with E-state index >= 15 is 0 Å². The van der Waals surface area contributed by atoms with Crippen LogP contribution in [0.5, 0.6) is 0 Å². The number of carbonyl (C=O) groups excluding carboxylic acids is 1. The molecule has 1 heterocycles. The Hall–Kier alpha value is -2.55. The summed E-state index contributed by atoms with van der Waals surface area (Å²) in [6.07, 6.45) is 0.0171. The van der Waals surface area contributed by atoms with Crippen LogP contribution in [0.4, 0.5) is 17.1 Å². The third-order valence-electron chi connectivity index (χ3n) is 2.81. The predicted octanol–water partition coefficient (Wildman–Crippen LogP) is 0.567. The van der Waals surface area contributed by atoms with Gasteiger partial charge in [-0.3, -0.25) is 29.9 Å². The van der Waals surface area contributed by atoms with Crippen molar-refractivity contribution in [1.29, 1.82) is 0 Å². The van der Waals surface area contributed by atoms with Crippen molar-refractivity contribution in [2.24, 2.45) is 5.73 Å². The predicted molar refractivity (Wildman–Crippen MR) is 64.7 cm³/mol. The van der Waals surface area contributed by atoms with Crippen LogP contribution in [0.1, 0.15) is 6.42 Å². The lowest BCUT2D eigenvalue weighted by molar-refractivity contribution is -0.392. The van der Waals surface area contributed by atoms with Crippen LogP contribution in [0.3, 0.4) is 0 Å². The van der Waals surface area contributed by atoms with Gasteiger partial charge in [-0.2, -0.15) is 0 Å². The van der Waals surface area contributed by atoms with Crippen LogP contribution in [0.25, 0.3) is 0 Å². The van der Waals surface area contributed by atoms with Crippen LogP contribution in [-0.2, 0) is 4.79 Å². The summed E-state index contributed by atoms with van der Waals surface area (Å²) in [4.78, 5) is 33.2. The number of nitrogens with two attached hydrogens (primary N) is 1. The highest BCUT2D eigenvalue weighted by Crippen LogP contribution is 2.38. The molecular weight excluding hydrogens is 256 g/mol. The Morgan fingerprint density at radius 3 is 2.11 bits per heavy atom. The van der Waals surface area contributed by atoms with Crippen molar-refractivity contribution < 1.29 is 14.6 Å². The Bertz CT molecular complexity index is 541. The molecule has 1 aromatic rings. The highest BCUT2D eigenvalue weighted by Gasteiger charge is 2.37. The van der Waals surface area contributed by atoms with E-state index in [0.717, 1.165) is 17.0 Å². The van der Waals surface area contributed by atoms with Crippen LogP contribution >= 0.6 is 0 Å². The molecule has 100 valence electrons. The summed E-state index contributed by atoms with van der Waals surface area (Å²) in [7, 11) is 0. The number of hydrogen-bond acceptors (Lipinski definition) is 6. The number of nitrogens with zero attached hydrogens (tertiary/aromatic N) is 3. The number of para-hydroxylation sites is 1. The van der Waals surface area contributed by atoms with E-state index in [0.29, 0.717) is 0 Å². The number of nitro groups is 2. The maximum Gasteiger partial charge on any atom is 0.300 e. The Kier molecular flexibility index (Phi) is 3.13. The molecular formula is C10H10N4O5. The first-order valence-electron chi connectivity index (χ1n) is 5.39. The summed E-state index contributed by atoms with van der Waals surface area (Å²) >= 11 is 0. The molecule has 1 atom stereocenters. The summed E-state index contributed by atoms with van der Waals surface area (Å²) < 4.78 is 0. The molecule has 1 aromatic carbocycles. The zero-order chi connectivity index (χ0) is 14.2. The van der Waals surface area contributed by atoms with Gasteiger partial charge in [0.2, 0.25) is 11.6 Å². The Morgan fingerprint density at radius 2 is 1.74 bits per heavy atom. The maximum absolute atomic E-state index is 11.7. The minimum Gasteiger partial charge on any atom is -0.326 e. The molecule has 1 amide bonds. The van der Waals surface area contributed by atoms with E-state index in [1.165, 1.54) is 6.07 Å². The highest BCUT2D eigenvalue weighted by atomic mass is 16.6. The molecule has 9 heteroatoms. The number of carbonyl (C=O) groups is 1. The summed E-state index contributed by atoms with van der Waals surface area (Å²) in [6.45, 7) is 0.0323. The fraction of sp³-hybridized carbons (Fsp3) is 0.300. The normalized spacial score (nSPS) is 18.7. The average Bonchev–Trinajstić information content (AvgIpc) is 2.67. The van der Waals surface area contributed by atoms with E-state index in [4.69, 9.17) is 5.73 Å². The van der Waals surface area contributed by atoms with Crippen molar-refractivity contribution in [3.63, 3.8) is 0 Å². The number of nitro benzene ring substituents is 2. The standard InChI is InChI=1S/C10H10N4O5/c11-6-4-9(15)12(5-6)10-7(13(16)17)2-1-3-8(10)14(18)19/h1-3,6H,4-5,11H2. The molecule has 1 saturated heterocycles. The smallest absolute Gasteiger partial charge is 0.300 e. The van der Waals surface area contributed by atoms with Crippen molar-refractivity contribution in [2.45, 2.75) is 12.5 Å². The van der Waals surface area contributed by atoms with Crippen LogP contribution in [0, 0.1) is 20.2 Å². The molecule has 0 spiro atoms. The van der Waals surface area contributed by atoms with Crippen molar-refractivity contribution in [3.05, 3.63) is 38.4 Å². The molecule has 0 bridgehead atoms. The third kappa shape index (κ3) is 2.22. The fourth-order valence-corrected chi connectivity index (χ4v) is 2.04. The Morgan fingerprint density at radius 1 is 1.21 bits per heavy atom. The maximum atomic E-state index is 11.7.